The lowest BCUT2D eigenvalue weighted by Gasteiger charge is -2.29. The van der Waals surface area contributed by atoms with Gasteiger partial charge in [0.25, 0.3) is 0 Å². The molecule has 344 valence electrons. The molecule has 0 saturated heterocycles. The van der Waals surface area contributed by atoms with Crippen molar-refractivity contribution in [2.45, 2.75) is 13.8 Å². The van der Waals surface area contributed by atoms with Crippen LogP contribution >= 0.6 is 279 Å². The van der Waals surface area contributed by atoms with Gasteiger partial charge in [0.2, 0.25) is 0 Å². The minimum atomic E-state index is -1.89. The quantitative estimate of drug-likeness (QED) is 0.138. The number of ether oxygens (including phenoxy) is 2. The highest BCUT2D eigenvalue weighted by Gasteiger charge is 2.43. The molecule has 0 spiro atoms. The van der Waals surface area contributed by atoms with Gasteiger partial charge in [-0.05, 0) is 63.9 Å². The fourth-order valence-electron chi connectivity index (χ4n) is 5.05. The molecule has 0 atom stereocenters. The summed E-state index contributed by atoms with van der Waals surface area (Å²) in [7, 11) is -3.78. The van der Waals surface area contributed by atoms with E-state index in [1.54, 1.807) is 23.5 Å². The average molecular weight is 1290 g/mol. The van der Waals surface area contributed by atoms with Gasteiger partial charge in [-0.3, -0.25) is 0 Å². The first-order valence-corrected chi connectivity index (χ1v) is 42.6. The van der Waals surface area contributed by atoms with Crippen LogP contribution in [0.3, 0.4) is 0 Å². The third kappa shape index (κ3) is 12.0. The van der Waals surface area contributed by atoms with Gasteiger partial charge < -0.3 is 9.47 Å². The summed E-state index contributed by atoms with van der Waals surface area (Å²) in [5.41, 5.74) is 0. The van der Waals surface area contributed by atoms with Crippen LogP contribution in [0.5, 0.6) is 0 Å². The Bertz CT molecular complexity index is 2100. The van der Waals surface area contributed by atoms with E-state index in [1.165, 1.54) is 76.3 Å². The molecule has 8 aliphatic heterocycles. The van der Waals surface area contributed by atoms with Gasteiger partial charge >= 0.3 is 10.6 Å². The van der Waals surface area contributed by atoms with Crippen molar-refractivity contribution in [1.82, 2.24) is 0 Å². The Labute approximate surface area is 468 Å². The summed E-state index contributed by atoms with van der Waals surface area (Å²) in [4.78, 5) is 27.1. The molecule has 28 heteroatoms. The molecule has 0 saturated carbocycles. The van der Waals surface area contributed by atoms with E-state index in [0.717, 1.165) is 13.6 Å². The first-order valence-electron chi connectivity index (χ1n) is 17.7. The van der Waals surface area contributed by atoms with Crippen LogP contribution in [0.1, 0.15) is 13.8 Å². The van der Waals surface area contributed by atoms with Crippen molar-refractivity contribution in [3.63, 3.8) is 0 Å². The second-order valence-corrected chi connectivity index (χ2v) is 46.5. The van der Waals surface area contributed by atoms with Crippen molar-refractivity contribution in [1.29, 1.82) is 0 Å². The Balaban J connectivity index is 0.971. The second kappa shape index (κ2) is 24.0. The SMILES string of the molecule is CCOC(=O)S(C)(C)C1=C(SCSC2=C(S(C)(C)C(=O)OCC)SC(=C3SC4=C(SC(=C5SC(SC)=C(SC)S5)S4)S3)S2)SC(=C2SC3=C(SC(=C4SC(SC)=C(SC)S4)S3)S2)S1. The lowest BCUT2D eigenvalue weighted by atomic mass is 10.9. The van der Waals surface area contributed by atoms with Gasteiger partial charge in [0, 0.05) is 5.08 Å². The summed E-state index contributed by atoms with van der Waals surface area (Å²) in [6.45, 7) is 4.51. The van der Waals surface area contributed by atoms with Crippen LogP contribution in [0.2, 0.25) is 0 Å². The van der Waals surface area contributed by atoms with Gasteiger partial charge in [0.15, 0.2) is 0 Å². The predicted octanol–water partition coefficient (Wildman–Crippen LogP) is 21.4. The summed E-state index contributed by atoms with van der Waals surface area (Å²) < 4.78 is 37.9. The van der Waals surface area contributed by atoms with Crippen molar-refractivity contribution >= 4 is 289 Å². The van der Waals surface area contributed by atoms with Gasteiger partial charge in [-0.1, -0.05) is 188 Å². The van der Waals surface area contributed by atoms with E-state index < -0.39 is 20.1 Å². The van der Waals surface area contributed by atoms with Gasteiger partial charge in [0.1, 0.15) is 0 Å². The van der Waals surface area contributed by atoms with E-state index in [4.69, 9.17) is 9.47 Å². The highest BCUT2D eigenvalue weighted by molar-refractivity contribution is 8.59. The van der Waals surface area contributed by atoms with Gasteiger partial charge in [-0.15, -0.1) is 90.6 Å². The van der Waals surface area contributed by atoms with Crippen LogP contribution in [0, 0.1) is 0 Å². The summed E-state index contributed by atoms with van der Waals surface area (Å²) in [6, 6.07) is 0. The van der Waals surface area contributed by atoms with Gasteiger partial charge in [-0.2, -0.15) is 0 Å². The first kappa shape index (κ1) is 54.0. The van der Waals surface area contributed by atoms with Crippen molar-refractivity contribution in [3.05, 3.63) is 84.7 Å². The van der Waals surface area contributed by atoms with Crippen molar-refractivity contribution < 1.29 is 19.1 Å². The average Bonchev–Trinajstić information content (AvgIpc) is 4.11. The Morgan fingerprint density at radius 1 is 0.381 bits per heavy atom. The lowest BCUT2D eigenvalue weighted by molar-refractivity contribution is 0.180. The first-order chi connectivity index (χ1) is 30.2. The highest BCUT2D eigenvalue weighted by Crippen LogP contribution is 2.77. The number of hydrogen-bond acceptors (Lipinski definition) is 26. The zero-order chi connectivity index (χ0) is 44.8. The minimum Gasteiger partial charge on any atom is -0.459 e. The second-order valence-electron chi connectivity index (χ2n) is 12.6. The van der Waals surface area contributed by atoms with Crippen LogP contribution in [0.25, 0.3) is 0 Å². The number of carbonyl (C=O) groups is 2. The summed E-state index contributed by atoms with van der Waals surface area (Å²) >= 11 is 41.1. The van der Waals surface area contributed by atoms with Crippen LogP contribution in [-0.2, 0) is 9.47 Å². The molecule has 8 heterocycles. The minimum absolute atomic E-state index is 0.114. The number of rotatable bonds is 12. The Morgan fingerprint density at radius 3 is 0.841 bits per heavy atom. The molecule has 0 radical (unpaired) electrons. The fourth-order valence-corrected chi connectivity index (χ4v) is 44.9. The standard InChI is InChI=1S/C35H36O4S24/c1-11-38-34(36)62(7,8)32-30(58-28(60-32)26-54-22-23(55-26)51-20(50-22)18-46-14(40-3)15(41-4)47-18)44-13-45-31-33(63(9,10)35(37)39-12-2)61-29(59-31)27-56-24-25(57-27)53-21(52-24)19-48-16(42-5)17(43-6)49-19/h11-13H2,1-10H3. The molecule has 0 aliphatic carbocycles. The van der Waals surface area contributed by atoms with Crippen LogP contribution < -0.4 is 0 Å². The fraction of sp³-hybridized carbons (Fsp3) is 0.371. The van der Waals surface area contributed by atoms with Crippen molar-refractivity contribution in [2.75, 3.05) is 68.3 Å². The molecule has 0 unspecified atom stereocenters. The van der Waals surface area contributed by atoms with E-state index in [0.29, 0.717) is 13.2 Å². The molecule has 0 N–H and O–H groups in total. The lowest BCUT2D eigenvalue weighted by Crippen LogP contribution is -2.12. The van der Waals surface area contributed by atoms with Gasteiger partial charge in [0.05, 0.1) is 98.0 Å². The third-order valence-corrected chi connectivity index (χ3v) is 47.2. The van der Waals surface area contributed by atoms with Crippen molar-refractivity contribution in [3.8, 4) is 0 Å². The molecule has 4 nitrogen and oxygen atoms in total. The number of carbonyl (C=O) groups excluding carboxylic acids is 2. The molecule has 0 bridgehead atoms. The Hall–Kier alpha value is 4.74. The molecule has 8 rings (SSSR count). The molecule has 0 aromatic carbocycles. The van der Waals surface area contributed by atoms with Gasteiger partial charge in [-0.25, -0.2) is 9.59 Å². The summed E-state index contributed by atoms with van der Waals surface area (Å²) in [6.07, 6.45) is 17.0. The maximum Gasteiger partial charge on any atom is 0.353 e. The monoisotopic (exact) mass is 1290 g/mol. The summed E-state index contributed by atoms with van der Waals surface area (Å²) in [5.74, 6) is 0. The van der Waals surface area contributed by atoms with E-state index in [9.17, 15) is 9.59 Å². The van der Waals surface area contributed by atoms with Crippen LogP contribution in [0.4, 0.5) is 9.59 Å². The van der Waals surface area contributed by atoms with Crippen LogP contribution in [-0.4, -0.2) is 78.9 Å². The molecule has 0 aromatic rings. The molecule has 0 aromatic heterocycles. The Morgan fingerprint density at radius 2 is 0.603 bits per heavy atom. The predicted molar refractivity (Wildman–Crippen MR) is 339 cm³/mol. The number of hydrogen-bond donors (Lipinski definition) is 0. The molecule has 8 aliphatic rings. The maximum absolute atomic E-state index is 13.6. The molecule has 0 fully saturated rings. The molecular formula is C35H36O4S24. The van der Waals surface area contributed by atoms with E-state index >= 15 is 0 Å². The topological polar surface area (TPSA) is 52.6 Å². The third-order valence-electron chi connectivity index (χ3n) is 8.04. The van der Waals surface area contributed by atoms with E-state index in [1.807, 2.05) is 249 Å². The van der Waals surface area contributed by atoms with Crippen LogP contribution in [0.15, 0.2) is 84.7 Å². The smallest absolute Gasteiger partial charge is 0.353 e. The zero-order valence-corrected chi connectivity index (χ0v) is 54.1. The zero-order valence-electron chi connectivity index (χ0n) is 34.6. The maximum atomic E-state index is 13.6. The summed E-state index contributed by atoms with van der Waals surface area (Å²) in [5, 5.41) is 0.530. The Kier molecular flexibility index (Phi) is 20.5. The highest BCUT2D eigenvalue weighted by atomic mass is 32.3. The largest absolute Gasteiger partial charge is 0.459 e. The normalized spacial score (nSPS) is 22.6. The van der Waals surface area contributed by atoms with E-state index in [-0.39, 0.29) is 10.6 Å². The molecule has 63 heavy (non-hydrogen) atoms. The van der Waals surface area contributed by atoms with E-state index in [2.05, 4.69) is 50.0 Å². The molecule has 0 amide bonds. The number of thioether (sulfide) groups is 22. The van der Waals surface area contributed by atoms with Crippen molar-refractivity contribution in [2.24, 2.45) is 0 Å². The molecular weight excluding hydrogens is 1250 g/mol.